The van der Waals surface area contributed by atoms with Crippen molar-refractivity contribution in [3.63, 3.8) is 0 Å². The molecule has 0 spiro atoms. The first-order chi connectivity index (χ1) is 11.0. The third kappa shape index (κ3) is 6.34. The molecule has 0 fully saturated rings. The summed E-state index contributed by atoms with van der Waals surface area (Å²) in [5, 5.41) is 4.40. The first kappa shape index (κ1) is 23.4. The normalized spacial score (nSPS) is 9.92. The summed E-state index contributed by atoms with van der Waals surface area (Å²) >= 11 is 0. The van der Waals surface area contributed by atoms with E-state index in [0.29, 0.717) is 26.1 Å². The molecule has 140 valence electrons. The largest absolute Gasteiger partial charge is 0.338 e. The van der Waals surface area contributed by atoms with Gasteiger partial charge in [-0.1, -0.05) is 30.3 Å². The summed E-state index contributed by atoms with van der Waals surface area (Å²) in [6.07, 6.45) is 1.20. The third-order valence-corrected chi connectivity index (χ3v) is 4.19. The van der Waals surface area contributed by atoms with Crippen molar-refractivity contribution in [3.05, 3.63) is 52.8 Å². The van der Waals surface area contributed by atoms with E-state index in [2.05, 4.69) is 5.10 Å². The van der Waals surface area contributed by atoms with E-state index in [1.165, 1.54) is 0 Å². The molecule has 2 N–H and O–H groups in total. The molecule has 0 aliphatic rings. The molecule has 0 radical (unpaired) electrons. The highest BCUT2D eigenvalue weighted by Crippen LogP contribution is 2.15. The van der Waals surface area contributed by atoms with Gasteiger partial charge in [-0.25, -0.2) is 0 Å². The van der Waals surface area contributed by atoms with Gasteiger partial charge < -0.3 is 10.6 Å². The molecule has 5 nitrogen and oxygen atoms in total. The van der Waals surface area contributed by atoms with Gasteiger partial charge in [0, 0.05) is 31.4 Å². The SMILES string of the molecule is Cc1nn(C)c(C)c1CC(=O)N(CCCN)Cc1ccccc1.Cl.Cl. The van der Waals surface area contributed by atoms with Gasteiger partial charge >= 0.3 is 0 Å². The Morgan fingerprint density at radius 3 is 2.36 bits per heavy atom. The van der Waals surface area contributed by atoms with Crippen LogP contribution in [0, 0.1) is 13.8 Å². The number of aromatic nitrogens is 2. The van der Waals surface area contributed by atoms with Gasteiger partial charge in [-0.2, -0.15) is 5.10 Å². The van der Waals surface area contributed by atoms with Crippen LogP contribution in [0.3, 0.4) is 0 Å². The number of halogens is 2. The highest BCUT2D eigenvalue weighted by Gasteiger charge is 2.18. The number of rotatable bonds is 7. The van der Waals surface area contributed by atoms with Gasteiger partial charge in [0.15, 0.2) is 0 Å². The van der Waals surface area contributed by atoms with Crippen LogP contribution in [0.5, 0.6) is 0 Å². The Labute approximate surface area is 162 Å². The summed E-state index contributed by atoms with van der Waals surface area (Å²) in [5.41, 5.74) is 9.77. The van der Waals surface area contributed by atoms with Crippen molar-refractivity contribution in [1.29, 1.82) is 0 Å². The molecule has 1 heterocycles. The molecule has 0 bridgehead atoms. The fourth-order valence-corrected chi connectivity index (χ4v) is 2.71. The molecule has 2 rings (SSSR count). The second kappa shape index (κ2) is 11.1. The van der Waals surface area contributed by atoms with Gasteiger partial charge in [0.05, 0.1) is 12.1 Å². The van der Waals surface area contributed by atoms with Crippen LogP contribution in [0.4, 0.5) is 0 Å². The molecule has 0 aliphatic heterocycles. The Morgan fingerprint density at radius 2 is 1.84 bits per heavy atom. The van der Waals surface area contributed by atoms with E-state index in [1.54, 1.807) is 0 Å². The molecule has 0 saturated heterocycles. The number of hydrogen-bond donors (Lipinski definition) is 1. The number of aryl methyl sites for hydroxylation is 2. The maximum atomic E-state index is 12.8. The zero-order chi connectivity index (χ0) is 16.8. The minimum Gasteiger partial charge on any atom is -0.338 e. The van der Waals surface area contributed by atoms with Crippen molar-refractivity contribution in [1.82, 2.24) is 14.7 Å². The fraction of sp³-hybridized carbons (Fsp3) is 0.444. The maximum absolute atomic E-state index is 12.8. The van der Waals surface area contributed by atoms with Crippen LogP contribution in [0.2, 0.25) is 0 Å². The van der Waals surface area contributed by atoms with Gasteiger partial charge in [0.25, 0.3) is 0 Å². The molecular weight excluding hydrogens is 359 g/mol. The summed E-state index contributed by atoms with van der Waals surface area (Å²) in [6.45, 7) is 5.85. The van der Waals surface area contributed by atoms with Crippen LogP contribution in [-0.2, 0) is 24.8 Å². The van der Waals surface area contributed by atoms with E-state index in [0.717, 1.165) is 28.9 Å². The molecule has 7 heteroatoms. The monoisotopic (exact) mass is 386 g/mol. The zero-order valence-electron chi connectivity index (χ0n) is 15.1. The average Bonchev–Trinajstić information content (AvgIpc) is 2.78. The van der Waals surface area contributed by atoms with E-state index >= 15 is 0 Å². The van der Waals surface area contributed by atoms with Crippen molar-refractivity contribution in [2.45, 2.75) is 33.2 Å². The van der Waals surface area contributed by atoms with Crippen molar-refractivity contribution < 1.29 is 4.79 Å². The topological polar surface area (TPSA) is 64.2 Å². The third-order valence-electron chi connectivity index (χ3n) is 4.19. The molecule has 0 atom stereocenters. The lowest BCUT2D eigenvalue weighted by Crippen LogP contribution is -2.34. The van der Waals surface area contributed by atoms with Crippen molar-refractivity contribution in [2.75, 3.05) is 13.1 Å². The van der Waals surface area contributed by atoms with Gasteiger partial charge in [0.2, 0.25) is 5.91 Å². The second-order valence-electron chi connectivity index (χ2n) is 5.89. The Kier molecular flexibility index (Phi) is 10.4. The van der Waals surface area contributed by atoms with Crippen LogP contribution in [-0.4, -0.2) is 33.7 Å². The molecule has 0 unspecified atom stereocenters. The molecule has 0 aliphatic carbocycles. The van der Waals surface area contributed by atoms with E-state index in [4.69, 9.17) is 5.73 Å². The second-order valence-corrected chi connectivity index (χ2v) is 5.89. The van der Waals surface area contributed by atoms with Crippen LogP contribution < -0.4 is 5.73 Å². The van der Waals surface area contributed by atoms with E-state index in [1.807, 2.05) is 60.8 Å². The predicted octanol–water partition coefficient (Wildman–Crippen LogP) is 2.80. The van der Waals surface area contributed by atoms with Crippen molar-refractivity contribution in [2.24, 2.45) is 12.8 Å². The van der Waals surface area contributed by atoms with Crippen LogP contribution >= 0.6 is 24.8 Å². The lowest BCUT2D eigenvalue weighted by Gasteiger charge is -2.23. The molecular formula is C18H28Cl2N4O. The maximum Gasteiger partial charge on any atom is 0.227 e. The lowest BCUT2D eigenvalue weighted by atomic mass is 10.1. The number of carbonyl (C=O) groups excluding carboxylic acids is 1. The standard InChI is InChI=1S/C18H26N4O.2ClH/c1-14-17(15(2)21(3)20-14)12-18(23)22(11-7-10-19)13-16-8-5-4-6-9-16;;/h4-6,8-9H,7,10-13,19H2,1-3H3;2*1H. The number of hydrogen-bond acceptors (Lipinski definition) is 3. The molecule has 2 aromatic rings. The number of carbonyl (C=O) groups is 1. The predicted molar refractivity (Wildman–Crippen MR) is 106 cm³/mol. The highest BCUT2D eigenvalue weighted by molar-refractivity contribution is 5.85. The number of amides is 1. The smallest absolute Gasteiger partial charge is 0.227 e. The Bertz CT molecular complexity index is 659. The van der Waals surface area contributed by atoms with Crippen molar-refractivity contribution >= 4 is 30.7 Å². The van der Waals surface area contributed by atoms with Crippen molar-refractivity contribution in [3.8, 4) is 0 Å². The Hall–Kier alpha value is -1.56. The van der Waals surface area contributed by atoms with E-state index < -0.39 is 0 Å². The van der Waals surface area contributed by atoms with Gasteiger partial charge in [0.1, 0.15) is 0 Å². The fourth-order valence-electron chi connectivity index (χ4n) is 2.71. The molecule has 1 aromatic heterocycles. The zero-order valence-corrected chi connectivity index (χ0v) is 16.7. The summed E-state index contributed by atoms with van der Waals surface area (Å²) in [7, 11) is 1.91. The van der Waals surface area contributed by atoms with Gasteiger partial charge in [-0.05, 0) is 32.4 Å². The minimum absolute atomic E-state index is 0. The van der Waals surface area contributed by atoms with Gasteiger partial charge in [-0.3, -0.25) is 9.48 Å². The molecule has 25 heavy (non-hydrogen) atoms. The lowest BCUT2D eigenvalue weighted by molar-refractivity contribution is -0.131. The highest BCUT2D eigenvalue weighted by atomic mass is 35.5. The molecule has 1 amide bonds. The number of benzene rings is 1. The number of nitrogens with zero attached hydrogens (tertiary/aromatic N) is 3. The molecule has 0 saturated carbocycles. The van der Waals surface area contributed by atoms with Crippen LogP contribution in [0.1, 0.15) is 28.9 Å². The summed E-state index contributed by atoms with van der Waals surface area (Å²) < 4.78 is 1.83. The van der Waals surface area contributed by atoms with Crippen LogP contribution in [0.25, 0.3) is 0 Å². The first-order valence-corrected chi connectivity index (χ1v) is 8.03. The Balaban J connectivity index is 0.00000288. The summed E-state index contributed by atoms with van der Waals surface area (Å²) in [4.78, 5) is 14.7. The van der Waals surface area contributed by atoms with Gasteiger partial charge in [-0.15, -0.1) is 24.8 Å². The summed E-state index contributed by atoms with van der Waals surface area (Å²) in [6, 6.07) is 10.1. The Morgan fingerprint density at radius 1 is 1.20 bits per heavy atom. The van der Waals surface area contributed by atoms with E-state index in [-0.39, 0.29) is 30.7 Å². The van der Waals surface area contributed by atoms with Crippen LogP contribution in [0.15, 0.2) is 30.3 Å². The van der Waals surface area contributed by atoms with E-state index in [9.17, 15) is 4.79 Å². The minimum atomic E-state index is 0. The first-order valence-electron chi connectivity index (χ1n) is 8.03. The molecule has 1 aromatic carbocycles. The average molecular weight is 387 g/mol. The quantitative estimate of drug-likeness (QED) is 0.795. The summed E-state index contributed by atoms with van der Waals surface area (Å²) in [5.74, 6) is 0.126. The number of nitrogens with two attached hydrogens (primary N) is 1.